The molecule has 0 bridgehead atoms. The number of fused-ring (bicyclic) bond motifs is 1. The van der Waals surface area contributed by atoms with E-state index in [9.17, 15) is 13.5 Å². The van der Waals surface area contributed by atoms with E-state index in [-0.39, 0.29) is 86.0 Å². The maximum atomic E-state index is 13.2. The van der Waals surface area contributed by atoms with Crippen molar-refractivity contribution in [2.45, 2.75) is 31.6 Å². The van der Waals surface area contributed by atoms with Crippen LogP contribution in [0.1, 0.15) is 23.4 Å². The molecule has 4 rings (SSSR count). The van der Waals surface area contributed by atoms with Crippen molar-refractivity contribution >= 4 is 89.8 Å². The number of anilines is 3. The molecule has 0 unspecified atom stereocenters. The summed E-state index contributed by atoms with van der Waals surface area (Å²) in [5.41, 5.74) is 2.92. The quantitative estimate of drug-likeness (QED) is 0.282. The van der Waals surface area contributed by atoms with E-state index >= 15 is 0 Å². The summed E-state index contributed by atoms with van der Waals surface area (Å²) in [6.45, 7) is 3.13. The van der Waals surface area contributed by atoms with Gasteiger partial charge in [-0.15, -0.1) is 0 Å². The topological polar surface area (TPSA) is 139 Å². The first-order valence-electron chi connectivity index (χ1n) is 10.6. The number of para-hydroxylation sites is 2. The van der Waals surface area contributed by atoms with E-state index in [1.54, 1.807) is 38.3 Å². The van der Waals surface area contributed by atoms with Crippen LogP contribution in [0.5, 0.6) is 5.75 Å². The van der Waals surface area contributed by atoms with Gasteiger partial charge < -0.3 is 19.7 Å². The first-order valence-corrected chi connectivity index (χ1v) is 12.1. The van der Waals surface area contributed by atoms with E-state index < -0.39 is 10.0 Å². The maximum absolute atomic E-state index is 13.2. The van der Waals surface area contributed by atoms with Crippen LogP contribution in [0.25, 0.3) is 11.0 Å². The van der Waals surface area contributed by atoms with Gasteiger partial charge in [-0.05, 0) is 50.5 Å². The summed E-state index contributed by atoms with van der Waals surface area (Å²) in [6, 6.07) is 12.7. The normalized spacial score (nSPS) is 11.2. The third-order valence-electron chi connectivity index (χ3n) is 5.21. The zero-order chi connectivity index (χ0) is 24.3. The average Bonchev–Trinajstić information content (AvgIpc) is 3.17. The van der Waals surface area contributed by atoms with Gasteiger partial charge in [-0.3, -0.25) is 4.72 Å². The van der Waals surface area contributed by atoms with Gasteiger partial charge in [0.1, 0.15) is 11.4 Å². The molecule has 0 aliphatic rings. The summed E-state index contributed by atoms with van der Waals surface area (Å²) >= 11 is 0. The van der Waals surface area contributed by atoms with Crippen LogP contribution in [-0.2, 0) is 16.4 Å². The van der Waals surface area contributed by atoms with E-state index in [4.69, 9.17) is 9.26 Å². The molecule has 3 N–H and O–H groups in total. The van der Waals surface area contributed by atoms with Gasteiger partial charge in [0.25, 0.3) is 10.0 Å². The number of nitrogens with zero attached hydrogens (tertiary/aromatic N) is 3. The Bertz CT molecular complexity index is 1420. The number of aryl methyl sites for hydroxylation is 3. The molecule has 0 atom stereocenters. The second-order valence-corrected chi connectivity index (χ2v) is 9.26. The molecule has 0 aliphatic heterocycles. The number of sulfonamides is 1. The minimum atomic E-state index is -4.06. The van der Waals surface area contributed by atoms with Crippen molar-refractivity contribution < 1.29 is 22.8 Å². The summed E-state index contributed by atoms with van der Waals surface area (Å²) in [7, 11) is -2.50. The summed E-state index contributed by atoms with van der Waals surface area (Å²) in [6.07, 6.45) is 1.17. The largest absolute Gasteiger partial charge is 0.497 e. The third-order valence-corrected chi connectivity index (χ3v) is 6.79. The van der Waals surface area contributed by atoms with E-state index in [0.29, 0.717) is 35.3 Å². The molecule has 179 valence electrons. The van der Waals surface area contributed by atoms with Crippen LogP contribution in [0.3, 0.4) is 0 Å². The molecule has 0 saturated carbocycles. The van der Waals surface area contributed by atoms with Gasteiger partial charge in [-0.2, -0.15) is 0 Å². The number of aromatic nitrogens is 3. The number of benzene rings is 2. The van der Waals surface area contributed by atoms with Crippen LogP contribution in [0.4, 0.5) is 17.3 Å². The summed E-state index contributed by atoms with van der Waals surface area (Å²) in [5, 5.41) is 16.2. The van der Waals surface area contributed by atoms with Crippen LogP contribution >= 0.6 is 0 Å². The van der Waals surface area contributed by atoms with Crippen LogP contribution in [0, 0.1) is 13.8 Å². The van der Waals surface area contributed by atoms with Gasteiger partial charge in [-0.25, -0.2) is 18.4 Å². The zero-order valence-electron chi connectivity index (χ0n) is 20.0. The standard InChI is InChI=1S/C23H25N5O5S.K/c1-14-21(15(2)33-27-14)34(30,31)28-23-22(24-18-8-4-5-9-19(18)25-23)26-20-13-17(32-3)11-10-16(20)7-6-12-29;/h4-5,8-11,13,29H,6-7,12H2,1-3H3,(H,24,26)(H,25,28);. The molecule has 0 fully saturated rings. The van der Waals surface area contributed by atoms with Crippen molar-refractivity contribution in [2.24, 2.45) is 0 Å². The predicted molar refractivity (Wildman–Crippen MR) is 134 cm³/mol. The molecular weight excluding hydrogens is 497 g/mol. The molecule has 0 saturated heterocycles. The number of nitrogens with one attached hydrogen (secondary N) is 2. The Morgan fingerprint density at radius 2 is 1.74 bits per heavy atom. The first-order chi connectivity index (χ1) is 16.3. The van der Waals surface area contributed by atoms with E-state index in [2.05, 4.69) is 25.2 Å². The van der Waals surface area contributed by atoms with Crippen molar-refractivity contribution in [3.8, 4) is 5.75 Å². The molecule has 12 heteroatoms. The maximum Gasteiger partial charge on any atom is 0.268 e. The molecule has 2 heterocycles. The molecule has 10 nitrogen and oxygen atoms in total. The van der Waals surface area contributed by atoms with Gasteiger partial charge in [0.05, 0.1) is 18.1 Å². The van der Waals surface area contributed by atoms with Crippen molar-refractivity contribution in [3.63, 3.8) is 0 Å². The minimum absolute atomic E-state index is 0. The number of aliphatic hydroxyl groups excluding tert-OH is 1. The number of hydrogen-bond acceptors (Lipinski definition) is 9. The molecule has 0 aliphatic carbocycles. The molecule has 35 heavy (non-hydrogen) atoms. The molecule has 0 spiro atoms. The Labute approximate surface area is 246 Å². The Balaban J connectivity index is 0.00000342. The SMILES string of the molecule is COc1ccc(CCCO)c(Nc2nc3ccccc3nc2NS(=O)(=O)c2c(C)noc2C)c1.[K]. The van der Waals surface area contributed by atoms with E-state index in [0.717, 1.165) is 5.56 Å². The van der Waals surface area contributed by atoms with Crippen LogP contribution < -0.4 is 14.8 Å². The first kappa shape index (κ1) is 27.5. The second-order valence-electron chi connectivity index (χ2n) is 7.64. The summed E-state index contributed by atoms with van der Waals surface area (Å²) in [4.78, 5) is 9.11. The fraction of sp³-hybridized carbons (Fsp3) is 0.261. The fourth-order valence-corrected chi connectivity index (χ4v) is 4.95. The second kappa shape index (κ2) is 11.8. The predicted octanol–water partition coefficient (Wildman–Crippen LogP) is 3.33. The van der Waals surface area contributed by atoms with Crippen LogP contribution in [0.15, 0.2) is 51.9 Å². The van der Waals surface area contributed by atoms with E-state index in [1.807, 2.05) is 18.2 Å². The number of methoxy groups -OCH3 is 1. The Hall–Kier alpha value is -2.06. The molecule has 2 aromatic heterocycles. The zero-order valence-corrected chi connectivity index (χ0v) is 23.9. The minimum Gasteiger partial charge on any atom is -0.497 e. The van der Waals surface area contributed by atoms with Crippen molar-refractivity contribution in [1.29, 1.82) is 0 Å². The molecule has 0 amide bonds. The van der Waals surface area contributed by atoms with Crippen LogP contribution in [-0.4, -0.2) is 93.8 Å². The fourth-order valence-electron chi connectivity index (χ4n) is 3.61. The van der Waals surface area contributed by atoms with Crippen LogP contribution in [0.2, 0.25) is 0 Å². The number of rotatable bonds is 9. The summed E-state index contributed by atoms with van der Waals surface area (Å²) in [5.74, 6) is 1.02. The van der Waals surface area contributed by atoms with Crippen molar-refractivity contribution in [1.82, 2.24) is 15.1 Å². The number of hydrogen-bond donors (Lipinski definition) is 3. The van der Waals surface area contributed by atoms with Gasteiger partial charge in [0.15, 0.2) is 22.3 Å². The smallest absolute Gasteiger partial charge is 0.268 e. The number of ether oxygens (including phenoxy) is 1. The third kappa shape index (κ3) is 6.20. The van der Waals surface area contributed by atoms with Gasteiger partial charge >= 0.3 is 0 Å². The Morgan fingerprint density at radius 1 is 1.06 bits per heavy atom. The van der Waals surface area contributed by atoms with Gasteiger partial charge in [0.2, 0.25) is 0 Å². The Kier molecular flexibility index (Phi) is 9.26. The average molecular weight is 523 g/mol. The van der Waals surface area contributed by atoms with Crippen molar-refractivity contribution in [3.05, 3.63) is 59.5 Å². The van der Waals surface area contributed by atoms with Crippen molar-refractivity contribution in [2.75, 3.05) is 23.8 Å². The molecule has 1 radical (unpaired) electrons. The Morgan fingerprint density at radius 3 is 2.34 bits per heavy atom. The molecular formula is C23H25KN5O5S. The van der Waals surface area contributed by atoms with Gasteiger partial charge in [-0.1, -0.05) is 23.4 Å². The summed E-state index contributed by atoms with van der Waals surface area (Å²) < 4.78 is 39.3. The van der Waals surface area contributed by atoms with Gasteiger partial charge in [0, 0.05) is 69.7 Å². The molecule has 4 aromatic rings. The molecule has 2 aromatic carbocycles. The van der Waals surface area contributed by atoms with E-state index in [1.165, 1.54) is 6.92 Å². The number of aliphatic hydroxyl groups is 1. The monoisotopic (exact) mass is 522 g/mol.